The summed E-state index contributed by atoms with van der Waals surface area (Å²) in [6.45, 7) is 3.89. The van der Waals surface area contributed by atoms with Gasteiger partial charge in [-0.2, -0.15) is 10.2 Å². The molecule has 7 nitrogen and oxygen atoms in total. The van der Waals surface area contributed by atoms with Crippen LogP contribution in [-0.2, 0) is 20.1 Å². The van der Waals surface area contributed by atoms with Crippen LogP contribution in [0, 0.1) is 6.92 Å². The van der Waals surface area contributed by atoms with Crippen LogP contribution in [0.3, 0.4) is 0 Å². The van der Waals surface area contributed by atoms with Gasteiger partial charge in [0.1, 0.15) is 0 Å². The number of rotatable bonds is 3. The van der Waals surface area contributed by atoms with E-state index < -0.39 is 0 Å². The second-order valence-corrected chi connectivity index (χ2v) is 4.85. The van der Waals surface area contributed by atoms with Gasteiger partial charge in [0, 0.05) is 43.9 Å². The fourth-order valence-corrected chi connectivity index (χ4v) is 2.16. The first-order valence-electron chi connectivity index (χ1n) is 6.61. The Balaban J connectivity index is 1.67. The number of aryl methyl sites for hydroxylation is 2. The van der Waals surface area contributed by atoms with E-state index in [2.05, 4.69) is 15.5 Å². The molecule has 0 aliphatic carbocycles. The van der Waals surface area contributed by atoms with Gasteiger partial charge in [-0.15, -0.1) is 0 Å². The van der Waals surface area contributed by atoms with Gasteiger partial charge >= 0.3 is 0 Å². The van der Waals surface area contributed by atoms with Gasteiger partial charge < -0.3 is 10.1 Å². The van der Waals surface area contributed by atoms with Crippen molar-refractivity contribution in [3.8, 4) is 5.88 Å². The van der Waals surface area contributed by atoms with E-state index in [-0.39, 0.29) is 5.91 Å². The van der Waals surface area contributed by atoms with Crippen LogP contribution in [0.4, 0.5) is 0 Å². The highest BCUT2D eigenvalue weighted by atomic mass is 16.5. The Morgan fingerprint density at radius 2 is 2.40 bits per heavy atom. The second kappa shape index (κ2) is 4.99. The van der Waals surface area contributed by atoms with E-state index in [4.69, 9.17) is 4.74 Å². The van der Waals surface area contributed by atoms with Crippen molar-refractivity contribution in [3.63, 3.8) is 0 Å². The van der Waals surface area contributed by atoms with Gasteiger partial charge in [-0.25, -0.2) is 4.68 Å². The fraction of sp³-hybridized carbons (Fsp3) is 0.462. The maximum Gasteiger partial charge on any atom is 0.272 e. The van der Waals surface area contributed by atoms with Crippen LogP contribution in [0.5, 0.6) is 5.88 Å². The first-order valence-corrected chi connectivity index (χ1v) is 6.61. The molecule has 0 unspecified atom stereocenters. The highest BCUT2D eigenvalue weighted by molar-refractivity contribution is 5.92. The summed E-state index contributed by atoms with van der Waals surface area (Å²) in [6, 6.07) is 1.69. The minimum Gasteiger partial charge on any atom is -0.478 e. The lowest BCUT2D eigenvalue weighted by atomic mass is 10.2. The lowest BCUT2D eigenvalue weighted by molar-refractivity contribution is 0.0945. The minimum atomic E-state index is -0.196. The van der Waals surface area contributed by atoms with Gasteiger partial charge in [0.25, 0.3) is 5.91 Å². The van der Waals surface area contributed by atoms with Crippen molar-refractivity contribution in [2.45, 2.75) is 26.4 Å². The van der Waals surface area contributed by atoms with Crippen LogP contribution in [0.25, 0.3) is 0 Å². The maximum absolute atomic E-state index is 12.1. The number of amides is 1. The molecule has 0 saturated heterocycles. The quantitative estimate of drug-likeness (QED) is 0.892. The molecule has 1 aliphatic rings. The molecule has 1 N–H and O–H groups in total. The summed E-state index contributed by atoms with van der Waals surface area (Å²) < 4.78 is 8.96. The number of hydrogen-bond acceptors (Lipinski definition) is 4. The van der Waals surface area contributed by atoms with Gasteiger partial charge in [0.2, 0.25) is 5.88 Å². The lowest BCUT2D eigenvalue weighted by Gasteiger charge is -2.13. The van der Waals surface area contributed by atoms with Gasteiger partial charge in [0.05, 0.1) is 12.8 Å². The number of nitrogens with one attached hydrogen (secondary N) is 1. The maximum atomic E-state index is 12.1. The van der Waals surface area contributed by atoms with Crippen LogP contribution in [0.15, 0.2) is 12.3 Å². The molecular weight excluding hydrogens is 258 g/mol. The third-order valence-electron chi connectivity index (χ3n) is 3.52. The molecule has 0 bridgehead atoms. The summed E-state index contributed by atoms with van der Waals surface area (Å²) in [5.74, 6) is 0.470. The number of carbonyl (C=O) groups excluding carboxylic acids is 1. The Kier molecular flexibility index (Phi) is 3.17. The summed E-state index contributed by atoms with van der Waals surface area (Å²) in [7, 11) is 1.88. The summed E-state index contributed by atoms with van der Waals surface area (Å²) >= 11 is 0. The Labute approximate surface area is 116 Å². The molecule has 1 aliphatic heterocycles. The van der Waals surface area contributed by atoms with Crippen molar-refractivity contribution in [1.82, 2.24) is 24.9 Å². The molecule has 7 heteroatoms. The summed E-state index contributed by atoms with van der Waals surface area (Å²) in [6.07, 6.45) is 2.68. The third kappa shape index (κ3) is 2.26. The van der Waals surface area contributed by atoms with Gasteiger partial charge in [-0.3, -0.25) is 9.48 Å². The van der Waals surface area contributed by atoms with Crippen LogP contribution < -0.4 is 10.1 Å². The average Bonchev–Trinajstić information content (AvgIpc) is 3.02. The zero-order valence-corrected chi connectivity index (χ0v) is 11.6. The summed E-state index contributed by atoms with van der Waals surface area (Å²) in [5.41, 5.74) is 2.43. The van der Waals surface area contributed by atoms with E-state index in [1.807, 2.05) is 14.0 Å². The van der Waals surface area contributed by atoms with Gasteiger partial charge in [-0.1, -0.05) is 0 Å². The molecular formula is C13H17N5O2. The lowest BCUT2D eigenvalue weighted by Crippen LogP contribution is -2.23. The van der Waals surface area contributed by atoms with E-state index in [9.17, 15) is 4.79 Å². The van der Waals surface area contributed by atoms with E-state index in [0.717, 1.165) is 24.2 Å². The Hall–Kier alpha value is -2.31. The SMILES string of the molecule is Cc1c(CNC(=O)c2cc3n(n2)CCCO3)cnn1C. The summed E-state index contributed by atoms with van der Waals surface area (Å²) in [5, 5.41) is 11.2. The molecule has 2 aromatic heterocycles. The molecule has 1 amide bonds. The molecule has 20 heavy (non-hydrogen) atoms. The van der Waals surface area contributed by atoms with E-state index in [1.54, 1.807) is 21.6 Å². The monoisotopic (exact) mass is 275 g/mol. The topological polar surface area (TPSA) is 74.0 Å². The van der Waals surface area contributed by atoms with Crippen molar-refractivity contribution < 1.29 is 9.53 Å². The molecule has 0 aromatic carbocycles. The molecule has 3 rings (SSSR count). The highest BCUT2D eigenvalue weighted by Gasteiger charge is 2.18. The number of hydrogen-bond donors (Lipinski definition) is 1. The molecule has 0 atom stereocenters. The van der Waals surface area contributed by atoms with Crippen LogP contribution >= 0.6 is 0 Å². The zero-order valence-electron chi connectivity index (χ0n) is 11.6. The van der Waals surface area contributed by atoms with Crippen molar-refractivity contribution >= 4 is 5.91 Å². The zero-order chi connectivity index (χ0) is 14.1. The Morgan fingerprint density at radius 1 is 1.55 bits per heavy atom. The summed E-state index contributed by atoms with van der Waals surface area (Å²) in [4.78, 5) is 12.1. The molecule has 0 fully saturated rings. The highest BCUT2D eigenvalue weighted by Crippen LogP contribution is 2.18. The Bertz CT molecular complexity index is 620. The first-order chi connectivity index (χ1) is 9.65. The van der Waals surface area contributed by atoms with Crippen molar-refractivity contribution in [1.29, 1.82) is 0 Å². The minimum absolute atomic E-state index is 0.196. The molecule has 3 heterocycles. The predicted octanol–water partition coefficient (Wildman–Crippen LogP) is 0.638. The predicted molar refractivity (Wildman–Crippen MR) is 71.5 cm³/mol. The molecule has 106 valence electrons. The number of fused-ring (bicyclic) bond motifs is 1. The Morgan fingerprint density at radius 3 is 3.10 bits per heavy atom. The van der Waals surface area contributed by atoms with Crippen molar-refractivity contribution in [2.24, 2.45) is 7.05 Å². The molecule has 0 spiro atoms. The smallest absolute Gasteiger partial charge is 0.272 e. The fourth-order valence-electron chi connectivity index (χ4n) is 2.16. The first kappa shape index (κ1) is 12.7. The van der Waals surface area contributed by atoms with Crippen molar-refractivity contribution in [2.75, 3.05) is 6.61 Å². The molecule has 0 saturated carbocycles. The number of aromatic nitrogens is 4. The largest absolute Gasteiger partial charge is 0.478 e. The van der Waals surface area contributed by atoms with Crippen LogP contribution in [0.2, 0.25) is 0 Å². The van der Waals surface area contributed by atoms with E-state index in [1.165, 1.54) is 0 Å². The number of nitrogens with zero attached hydrogens (tertiary/aromatic N) is 4. The molecule has 0 radical (unpaired) electrons. The second-order valence-electron chi connectivity index (χ2n) is 4.85. The normalized spacial score (nSPS) is 13.7. The van der Waals surface area contributed by atoms with Gasteiger partial charge in [0.15, 0.2) is 5.69 Å². The van der Waals surface area contributed by atoms with Crippen LogP contribution in [0.1, 0.15) is 28.2 Å². The van der Waals surface area contributed by atoms with E-state index in [0.29, 0.717) is 24.7 Å². The molecule has 2 aromatic rings. The van der Waals surface area contributed by atoms with Crippen LogP contribution in [-0.4, -0.2) is 32.1 Å². The number of carbonyl (C=O) groups is 1. The average molecular weight is 275 g/mol. The standard InChI is InChI=1S/C13H17N5O2/c1-9-10(8-15-17(9)2)7-14-13(19)11-6-12-18(16-11)4-3-5-20-12/h6,8H,3-5,7H2,1-2H3,(H,14,19). The number of ether oxygens (including phenoxy) is 1. The van der Waals surface area contributed by atoms with Crippen molar-refractivity contribution in [3.05, 3.63) is 29.2 Å². The van der Waals surface area contributed by atoms with E-state index >= 15 is 0 Å². The van der Waals surface area contributed by atoms with Gasteiger partial charge in [-0.05, 0) is 6.92 Å². The third-order valence-corrected chi connectivity index (χ3v) is 3.52.